The van der Waals surface area contributed by atoms with E-state index < -0.39 is 21.8 Å². The number of hydrogen-bond acceptors (Lipinski definition) is 7. The van der Waals surface area contributed by atoms with Crippen molar-refractivity contribution in [3.05, 3.63) is 60.2 Å². The number of nitrogens with zero attached hydrogens (tertiary/aromatic N) is 2. The third kappa shape index (κ3) is 6.45. The lowest BCUT2D eigenvalue weighted by Gasteiger charge is -2.13. The van der Waals surface area contributed by atoms with Gasteiger partial charge < -0.3 is 20.1 Å². The molecule has 0 saturated carbocycles. The molecule has 0 aliphatic rings. The van der Waals surface area contributed by atoms with Gasteiger partial charge in [-0.25, -0.2) is 8.42 Å². The number of rotatable bonds is 7. The highest BCUT2D eigenvalue weighted by molar-refractivity contribution is 7.92. The van der Waals surface area contributed by atoms with E-state index in [9.17, 15) is 21.6 Å². The first-order valence-electron chi connectivity index (χ1n) is 9.35. The summed E-state index contributed by atoms with van der Waals surface area (Å²) in [7, 11) is -1.33. The molecule has 0 spiro atoms. The highest BCUT2D eigenvalue weighted by Crippen LogP contribution is 2.30. The van der Waals surface area contributed by atoms with Crippen LogP contribution < -0.4 is 24.8 Å². The van der Waals surface area contributed by atoms with E-state index in [-0.39, 0.29) is 33.4 Å². The number of halogens is 3. The van der Waals surface area contributed by atoms with E-state index in [0.29, 0.717) is 5.69 Å². The van der Waals surface area contributed by atoms with E-state index >= 15 is 0 Å². The molecule has 3 aromatic rings. The number of nitrogens with one attached hydrogen (secondary N) is 3. The zero-order valence-corrected chi connectivity index (χ0v) is 19.3. The standard InChI is InChI=1S/C20H18F3N5O4S2/c1-31-17-11-16(26-18(27-17)32-2)28-34(29,30)15-8-6-13(7-9-15)24-19(33)25-14-5-3-4-12(10-14)20(21,22)23/h3-11H,1-2H3,(H2,24,25,33)(H,26,27,28). The van der Waals surface area contributed by atoms with Crippen molar-refractivity contribution in [2.75, 3.05) is 29.6 Å². The molecule has 14 heteroatoms. The molecule has 0 atom stereocenters. The average molecular weight is 514 g/mol. The van der Waals surface area contributed by atoms with Crippen molar-refractivity contribution in [1.29, 1.82) is 0 Å². The quantitative estimate of drug-likeness (QED) is 0.401. The number of alkyl halides is 3. The second-order valence-corrected chi connectivity index (χ2v) is 8.66. The molecule has 2 aromatic carbocycles. The molecule has 0 unspecified atom stereocenters. The SMILES string of the molecule is COc1cc(NS(=O)(=O)c2ccc(NC(=S)Nc3cccc(C(F)(F)F)c3)cc2)nc(OC)n1. The van der Waals surface area contributed by atoms with E-state index in [1.54, 1.807) is 0 Å². The van der Waals surface area contributed by atoms with Crippen LogP contribution in [0.3, 0.4) is 0 Å². The van der Waals surface area contributed by atoms with Crippen molar-refractivity contribution in [1.82, 2.24) is 9.97 Å². The smallest absolute Gasteiger partial charge is 0.416 e. The Morgan fingerprint density at radius 1 is 0.941 bits per heavy atom. The zero-order valence-electron chi connectivity index (χ0n) is 17.7. The summed E-state index contributed by atoms with van der Waals surface area (Å²) >= 11 is 5.12. The van der Waals surface area contributed by atoms with Gasteiger partial charge in [0.15, 0.2) is 10.9 Å². The highest BCUT2D eigenvalue weighted by Gasteiger charge is 2.30. The van der Waals surface area contributed by atoms with Gasteiger partial charge in [-0.2, -0.15) is 23.1 Å². The summed E-state index contributed by atoms with van der Waals surface area (Å²) in [6.45, 7) is 0. The number of thiocarbonyl (C=S) groups is 1. The molecule has 0 amide bonds. The first-order chi connectivity index (χ1) is 16.0. The molecule has 0 fully saturated rings. The predicted molar refractivity (Wildman–Crippen MR) is 124 cm³/mol. The molecule has 1 heterocycles. The Morgan fingerprint density at radius 2 is 1.62 bits per heavy atom. The zero-order chi connectivity index (χ0) is 24.9. The molecule has 1 aromatic heterocycles. The van der Waals surface area contributed by atoms with Crippen LogP contribution in [-0.4, -0.2) is 37.7 Å². The number of aromatic nitrogens is 2. The maximum Gasteiger partial charge on any atom is 0.416 e. The first-order valence-corrected chi connectivity index (χ1v) is 11.2. The van der Waals surface area contributed by atoms with Crippen LogP contribution in [0, 0.1) is 0 Å². The minimum atomic E-state index is -4.48. The highest BCUT2D eigenvalue weighted by atomic mass is 32.2. The van der Waals surface area contributed by atoms with Crippen molar-refractivity contribution >= 4 is 44.5 Å². The summed E-state index contributed by atoms with van der Waals surface area (Å²) in [5.74, 6) is 0.0447. The lowest BCUT2D eigenvalue weighted by atomic mass is 10.2. The Kier molecular flexibility index (Phi) is 7.41. The molecule has 9 nitrogen and oxygen atoms in total. The fourth-order valence-electron chi connectivity index (χ4n) is 2.63. The summed E-state index contributed by atoms with van der Waals surface area (Å²) in [5, 5.41) is 5.45. The lowest BCUT2D eigenvalue weighted by molar-refractivity contribution is -0.137. The average Bonchev–Trinajstić information content (AvgIpc) is 2.78. The van der Waals surface area contributed by atoms with E-state index in [1.165, 1.54) is 56.7 Å². The molecule has 0 radical (unpaired) electrons. The van der Waals surface area contributed by atoms with Crippen LogP contribution in [0.25, 0.3) is 0 Å². The first kappa shape index (κ1) is 25.0. The largest absolute Gasteiger partial charge is 0.481 e. The fraction of sp³-hybridized carbons (Fsp3) is 0.150. The van der Waals surface area contributed by atoms with E-state index in [4.69, 9.17) is 21.7 Å². The number of sulfonamides is 1. The van der Waals surface area contributed by atoms with Crippen molar-refractivity contribution in [3.63, 3.8) is 0 Å². The Morgan fingerprint density at radius 3 is 2.24 bits per heavy atom. The number of ether oxygens (including phenoxy) is 2. The van der Waals surface area contributed by atoms with Gasteiger partial charge in [0.05, 0.1) is 24.7 Å². The fourth-order valence-corrected chi connectivity index (χ4v) is 3.86. The van der Waals surface area contributed by atoms with Crippen LogP contribution in [0.4, 0.5) is 30.4 Å². The van der Waals surface area contributed by atoms with Crippen LogP contribution in [-0.2, 0) is 16.2 Å². The normalized spacial score (nSPS) is 11.4. The van der Waals surface area contributed by atoms with Gasteiger partial charge in [0.25, 0.3) is 10.0 Å². The molecular formula is C20H18F3N5O4S2. The molecule has 0 saturated heterocycles. The Hall–Kier alpha value is -3.65. The summed E-state index contributed by atoms with van der Waals surface area (Å²) in [5.41, 5.74) is -0.262. The molecule has 0 aliphatic heterocycles. The molecule has 0 bridgehead atoms. The molecule has 0 aliphatic carbocycles. The van der Waals surface area contributed by atoms with Crippen LogP contribution in [0.15, 0.2) is 59.5 Å². The topological polar surface area (TPSA) is 114 Å². The van der Waals surface area contributed by atoms with Gasteiger partial charge >= 0.3 is 12.2 Å². The predicted octanol–water partition coefficient (Wildman–Crippen LogP) is 4.12. The van der Waals surface area contributed by atoms with Gasteiger partial charge in [-0.3, -0.25) is 4.72 Å². The van der Waals surface area contributed by atoms with Crippen LogP contribution >= 0.6 is 12.2 Å². The van der Waals surface area contributed by atoms with Gasteiger partial charge in [-0.15, -0.1) is 0 Å². The molecule has 34 heavy (non-hydrogen) atoms. The monoisotopic (exact) mass is 513 g/mol. The third-order valence-electron chi connectivity index (χ3n) is 4.18. The van der Waals surface area contributed by atoms with Gasteiger partial charge in [0, 0.05) is 17.4 Å². The van der Waals surface area contributed by atoms with Gasteiger partial charge in [-0.05, 0) is 54.7 Å². The summed E-state index contributed by atoms with van der Waals surface area (Å²) in [6, 6.07) is 11.3. The van der Waals surface area contributed by atoms with Crippen molar-refractivity contribution in [2.24, 2.45) is 0 Å². The molecule has 3 rings (SSSR count). The van der Waals surface area contributed by atoms with E-state index in [2.05, 4.69) is 25.3 Å². The maximum atomic E-state index is 12.8. The summed E-state index contributed by atoms with van der Waals surface area (Å²) in [6.07, 6.45) is -4.48. The number of benzene rings is 2. The minimum absolute atomic E-state index is 0.0215. The number of anilines is 3. The van der Waals surface area contributed by atoms with Crippen LogP contribution in [0.1, 0.15) is 5.56 Å². The molecule has 3 N–H and O–H groups in total. The molecular weight excluding hydrogens is 495 g/mol. The van der Waals surface area contributed by atoms with Crippen molar-refractivity contribution < 1.29 is 31.1 Å². The van der Waals surface area contributed by atoms with E-state index in [1.807, 2.05) is 0 Å². The van der Waals surface area contributed by atoms with Crippen molar-refractivity contribution in [2.45, 2.75) is 11.1 Å². The third-order valence-corrected chi connectivity index (χ3v) is 5.76. The summed E-state index contributed by atoms with van der Waals surface area (Å²) in [4.78, 5) is 7.73. The lowest BCUT2D eigenvalue weighted by Crippen LogP contribution is -2.19. The van der Waals surface area contributed by atoms with Crippen LogP contribution in [0.2, 0.25) is 0 Å². The van der Waals surface area contributed by atoms with Gasteiger partial charge in [0.1, 0.15) is 0 Å². The maximum absolute atomic E-state index is 12.8. The Balaban J connectivity index is 1.68. The number of hydrogen-bond donors (Lipinski definition) is 3. The second-order valence-electron chi connectivity index (χ2n) is 6.57. The second kappa shape index (κ2) is 10.1. The summed E-state index contributed by atoms with van der Waals surface area (Å²) < 4.78 is 76.1. The Labute approximate surface area is 198 Å². The Bertz CT molecular complexity index is 1260. The van der Waals surface area contributed by atoms with Crippen LogP contribution in [0.5, 0.6) is 11.9 Å². The van der Waals surface area contributed by atoms with Crippen molar-refractivity contribution in [3.8, 4) is 11.9 Å². The van der Waals surface area contributed by atoms with Gasteiger partial charge in [-0.1, -0.05) is 6.07 Å². The minimum Gasteiger partial charge on any atom is -0.481 e. The number of methoxy groups -OCH3 is 2. The molecule has 180 valence electrons. The van der Waals surface area contributed by atoms with E-state index in [0.717, 1.165) is 12.1 Å². The van der Waals surface area contributed by atoms with Gasteiger partial charge in [0.2, 0.25) is 5.88 Å².